The van der Waals surface area contributed by atoms with Gasteiger partial charge in [0.25, 0.3) is 11.8 Å². The molecule has 2 amide bonds. The average Bonchev–Trinajstić information content (AvgIpc) is 3.25. The molecule has 1 N–H and O–H groups in total. The number of alkyl halides is 3. The molecule has 0 bridgehead atoms. The lowest BCUT2D eigenvalue weighted by atomic mass is 10.1. The Morgan fingerprint density at radius 1 is 1.26 bits per heavy atom. The van der Waals surface area contributed by atoms with Crippen molar-refractivity contribution in [3.8, 4) is 0 Å². The van der Waals surface area contributed by atoms with E-state index in [9.17, 15) is 22.8 Å². The molecule has 1 aromatic carbocycles. The molecule has 9 heteroatoms. The molecular weight excluding hydrogens is 379 g/mol. The number of amides is 2. The number of rotatable bonds is 5. The third-order valence-electron chi connectivity index (χ3n) is 3.88. The Hall–Kier alpha value is -2.94. The van der Waals surface area contributed by atoms with E-state index in [2.05, 4.69) is 11.6 Å². The average molecular weight is 393 g/mol. The summed E-state index contributed by atoms with van der Waals surface area (Å²) in [5.74, 6) is -2.57. The highest BCUT2D eigenvalue weighted by Crippen LogP contribution is 2.38. The van der Waals surface area contributed by atoms with E-state index in [4.69, 9.17) is 0 Å². The Labute approximate surface area is 156 Å². The summed E-state index contributed by atoms with van der Waals surface area (Å²) < 4.78 is 41.9. The van der Waals surface area contributed by atoms with Crippen LogP contribution < -0.4 is 5.32 Å². The van der Waals surface area contributed by atoms with E-state index in [1.54, 1.807) is 28.9 Å². The van der Waals surface area contributed by atoms with E-state index in [-0.39, 0.29) is 17.3 Å². The van der Waals surface area contributed by atoms with Crippen LogP contribution in [0.3, 0.4) is 0 Å². The van der Waals surface area contributed by atoms with Gasteiger partial charge in [-0.3, -0.25) is 14.5 Å². The minimum Gasteiger partial charge on any atom is -0.311 e. The molecule has 0 saturated heterocycles. The van der Waals surface area contributed by atoms with E-state index in [1.165, 1.54) is 30.3 Å². The molecule has 2 heterocycles. The van der Waals surface area contributed by atoms with Crippen LogP contribution in [-0.4, -0.2) is 40.9 Å². The predicted octanol–water partition coefficient (Wildman–Crippen LogP) is 3.21. The second kappa shape index (κ2) is 6.99. The van der Waals surface area contributed by atoms with E-state index in [0.717, 1.165) is 16.2 Å². The molecule has 27 heavy (non-hydrogen) atoms. The number of benzene rings is 1. The third-order valence-corrected chi connectivity index (χ3v) is 4.75. The lowest BCUT2D eigenvalue weighted by molar-refractivity contribution is -0.196. The number of thiophene rings is 1. The van der Waals surface area contributed by atoms with Crippen LogP contribution >= 0.6 is 11.3 Å². The second-order valence-electron chi connectivity index (χ2n) is 5.65. The second-order valence-corrected chi connectivity index (χ2v) is 6.59. The van der Waals surface area contributed by atoms with Crippen molar-refractivity contribution < 1.29 is 22.8 Å². The fourth-order valence-electron chi connectivity index (χ4n) is 2.64. The van der Waals surface area contributed by atoms with Crippen LogP contribution in [-0.2, 0) is 4.79 Å². The van der Waals surface area contributed by atoms with Gasteiger partial charge in [-0.25, -0.2) is 4.99 Å². The minimum absolute atomic E-state index is 0.0463. The molecule has 5 nitrogen and oxygen atoms in total. The van der Waals surface area contributed by atoms with Crippen LogP contribution in [0.15, 0.2) is 65.5 Å². The van der Waals surface area contributed by atoms with Crippen molar-refractivity contribution in [2.75, 3.05) is 6.54 Å². The van der Waals surface area contributed by atoms with E-state index >= 15 is 0 Å². The SMILES string of the molecule is C=CCN1C(=O)C(NC(=O)c2cccs2)(C(F)(F)F)N=C1c1ccccc1. The van der Waals surface area contributed by atoms with Crippen LogP contribution in [0.1, 0.15) is 15.2 Å². The van der Waals surface area contributed by atoms with Gasteiger partial charge in [0.05, 0.1) is 4.88 Å². The number of nitrogens with one attached hydrogen (secondary N) is 1. The van der Waals surface area contributed by atoms with Crippen molar-refractivity contribution in [2.24, 2.45) is 4.99 Å². The summed E-state index contributed by atoms with van der Waals surface area (Å²) in [7, 11) is 0. The summed E-state index contributed by atoms with van der Waals surface area (Å²) >= 11 is 0.964. The standard InChI is InChI=1S/C18H14F3N3O2S/c1-2-10-24-14(12-7-4-3-5-8-12)22-17(16(24)26,18(19,20)21)23-15(25)13-9-6-11-27-13/h2-9,11H,1,10H2,(H,23,25). The first kappa shape index (κ1) is 18.8. The van der Waals surface area contributed by atoms with Crippen molar-refractivity contribution in [3.63, 3.8) is 0 Å². The van der Waals surface area contributed by atoms with Gasteiger partial charge in [-0.05, 0) is 11.4 Å². The monoisotopic (exact) mass is 393 g/mol. The Bertz CT molecular complexity index is 894. The highest BCUT2D eigenvalue weighted by molar-refractivity contribution is 7.12. The smallest absolute Gasteiger partial charge is 0.311 e. The zero-order chi connectivity index (χ0) is 19.7. The van der Waals surface area contributed by atoms with E-state index in [1.807, 2.05) is 0 Å². The summed E-state index contributed by atoms with van der Waals surface area (Å²) in [6, 6.07) is 10.9. The van der Waals surface area contributed by atoms with Gasteiger partial charge in [-0.15, -0.1) is 17.9 Å². The Morgan fingerprint density at radius 2 is 1.96 bits per heavy atom. The summed E-state index contributed by atoms with van der Waals surface area (Å²) in [4.78, 5) is 29.7. The van der Waals surface area contributed by atoms with Crippen LogP contribution in [0.2, 0.25) is 0 Å². The number of carbonyl (C=O) groups is 2. The number of halogens is 3. The molecule has 140 valence electrons. The van der Waals surface area contributed by atoms with Gasteiger partial charge in [0.15, 0.2) is 0 Å². The normalized spacial score (nSPS) is 19.7. The highest BCUT2D eigenvalue weighted by atomic mass is 32.1. The summed E-state index contributed by atoms with van der Waals surface area (Å²) in [5.41, 5.74) is -3.06. The lowest BCUT2D eigenvalue weighted by Gasteiger charge is -2.28. The van der Waals surface area contributed by atoms with E-state index in [0.29, 0.717) is 5.56 Å². The maximum atomic E-state index is 14.0. The highest BCUT2D eigenvalue weighted by Gasteiger charge is 2.67. The molecule has 1 unspecified atom stereocenters. The molecule has 1 aliphatic rings. The summed E-state index contributed by atoms with van der Waals surface area (Å²) in [5, 5.41) is 3.36. The molecule has 0 fully saturated rings. The van der Waals surface area contributed by atoms with Crippen molar-refractivity contribution in [1.82, 2.24) is 10.2 Å². The van der Waals surface area contributed by atoms with Crippen molar-refractivity contribution in [3.05, 3.63) is 70.9 Å². The third kappa shape index (κ3) is 3.25. The molecule has 0 radical (unpaired) electrons. The van der Waals surface area contributed by atoms with Crippen LogP contribution in [0.4, 0.5) is 13.2 Å². The Balaban J connectivity index is 2.11. The van der Waals surface area contributed by atoms with Gasteiger partial charge in [-0.2, -0.15) is 13.2 Å². The number of hydrogen-bond acceptors (Lipinski definition) is 4. The van der Waals surface area contributed by atoms with Gasteiger partial charge in [0.2, 0.25) is 0 Å². The van der Waals surface area contributed by atoms with Crippen molar-refractivity contribution in [2.45, 2.75) is 11.8 Å². The first-order chi connectivity index (χ1) is 12.8. The lowest BCUT2D eigenvalue weighted by Crippen LogP contribution is -2.63. The summed E-state index contributed by atoms with van der Waals surface area (Å²) in [6.45, 7) is 3.30. The number of hydrogen-bond donors (Lipinski definition) is 1. The van der Waals surface area contributed by atoms with Gasteiger partial charge in [0.1, 0.15) is 5.84 Å². The van der Waals surface area contributed by atoms with Crippen molar-refractivity contribution in [1.29, 1.82) is 0 Å². The van der Waals surface area contributed by atoms with Crippen LogP contribution in [0, 0.1) is 0 Å². The zero-order valence-electron chi connectivity index (χ0n) is 13.9. The fourth-order valence-corrected chi connectivity index (χ4v) is 3.25. The molecular formula is C18H14F3N3O2S. The molecule has 0 aliphatic carbocycles. The first-order valence-electron chi connectivity index (χ1n) is 7.81. The largest absolute Gasteiger partial charge is 0.442 e. The van der Waals surface area contributed by atoms with E-state index < -0.39 is 23.7 Å². The Kier molecular flexibility index (Phi) is 4.88. The Morgan fingerprint density at radius 3 is 2.52 bits per heavy atom. The molecule has 1 atom stereocenters. The maximum Gasteiger partial charge on any atom is 0.442 e. The molecule has 3 rings (SSSR count). The predicted molar refractivity (Wildman–Crippen MR) is 95.5 cm³/mol. The van der Waals surface area contributed by atoms with Crippen LogP contribution in [0.25, 0.3) is 0 Å². The molecule has 0 saturated carbocycles. The number of aliphatic imine (C=N–C) groups is 1. The molecule has 1 aromatic heterocycles. The minimum atomic E-state index is -5.13. The zero-order valence-corrected chi connectivity index (χ0v) is 14.7. The molecule has 2 aromatic rings. The molecule has 1 aliphatic heterocycles. The van der Waals surface area contributed by atoms with Gasteiger partial charge >= 0.3 is 11.8 Å². The number of nitrogens with zero attached hydrogens (tertiary/aromatic N) is 2. The topological polar surface area (TPSA) is 61.8 Å². The van der Waals surface area contributed by atoms with Gasteiger partial charge in [0, 0.05) is 12.1 Å². The van der Waals surface area contributed by atoms with Crippen LogP contribution in [0.5, 0.6) is 0 Å². The summed E-state index contributed by atoms with van der Waals surface area (Å²) in [6.07, 6.45) is -3.84. The van der Waals surface area contributed by atoms with Gasteiger partial charge < -0.3 is 5.32 Å². The fraction of sp³-hybridized carbons (Fsp3) is 0.167. The number of carbonyl (C=O) groups excluding carboxylic acids is 2. The quantitative estimate of drug-likeness (QED) is 0.793. The number of amidine groups is 1. The van der Waals surface area contributed by atoms with Crippen molar-refractivity contribution >= 4 is 29.0 Å². The maximum absolute atomic E-state index is 14.0. The first-order valence-corrected chi connectivity index (χ1v) is 8.69. The molecule has 0 spiro atoms. The van der Waals surface area contributed by atoms with Gasteiger partial charge in [-0.1, -0.05) is 42.5 Å².